The van der Waals surface area contributed by atoms with Crippen molar-refractivity contribution in [3.05, 3.63) is 35.4 Å². The molecule has 0 aromatic heterocycles. The van der Waals surface area contributed by atoms with E-state index in [0.29, 0.717) is 5.92 Å². The van der Waals surface area contributed by atoms with Crippen molar-refractivity contribution in [1.29, 1.82) is 0 Å². The highest BCUT2D eigenvalue weighted by molar-refractivity contribution is 5.87. The van der Waals surface area contributed by atoms with Crippen LogP contribution in [0.15, 0.2) is 24.3 Å². The molecule has 1 atom stereocenters. The third-order valence-electron chi connectivity index (χ3n) is 4.83. The minimum Gasteiger partial charge on any atom is -0.338 e. The van der Waals surface area contributed by atoms with Gasteiger partial charge in [-0.2, -0.15) is 0 Å². The molecule has 0 radical (unpaired) electrons. The van der Waals surface area contributed by atoms with Crippen molar-refractivity contribution >= 4 is 5.91 Å². The van der Waals surface area contributed by atoms with Crippen molar-refractivity contribution < 1.29 is 4.79 Å². The van der Waals surface area contributed by atoms with Crippen molar-refractivity contribution in [3.63, 3.8) is 0 Å². The Kier molecular flexibility index (Phi) is 1.97. The zero-order chi connectivity index (χ0) is 12.3. The summed E-state index contributed by atoms with van der Waals surface area (Å²) in [6.45, 7) is 1.55. The number of amides is 1. The second-order valence-corrected chi connectivity index (χ2v) is 6.16. The third-order valence-corrected chi connectivity index (χ3v) is 4.83. The van der Waals surface area contributed by atoms with Crippen LogP contribution in [0.2, 0.25) is 0 Å². The Morgan fingerprint density at radius 2 is 2.00 bits per heavy atom. The summed E-state index contributed by atoms with van der Waals surface area (Å²) in [4.78, 5) is 14.3. The molecule has 1 heterocycles. The van der Waals surface area contributed by atoms with E-state index in [1.165, 1.54) is 24.0 Å². The van der Waals surface area contributed by atoms with E-state index < -0.39 is 0 Å². The molecule has 0 spiro atoms. The Bertz CT molecular complexity index is 515. The number of rotatable bonds is 2. The fraction of sp³-hybridized carbons (Fsp3) is 0.533. The fourth-order valence-electron chi connectivity index (χ4n) is 3.44. The standard InChI is InChI=1S/C15H18N2O/c16-15(11-5-6-11)8-17(9-15)14(18)13-7-10-3-1-2-4-12(10)13/h1-4,11,13H,5-9,16H2. The van der Waals surface area contributed by atoms with E-state index >= 15 is 0 Å². The molecule has 1 saturated carbocycles. The normalized spacial score (nSPS) is 28.1. The molecular weight excluding hydrogens is 224 g/mol. The van der Waals surface area contributed by atoms with Crippen molar-refractivity contribution in [2.45, 2.75) is 30.7 Å². The highest BCUT2D eigenvalue weighted by Gasteiger charge is 2.53. The summed E-state index contributed by atoms with van der Waals surface area (Å²) < 4.78 is 0. The van der Waals surface area contributed by atoms with Crippen LogP contribution in [-0.4, -0.2) is 29.4 Å². The van der Waals surface area contributed by atoms with Crippen LogP contribution < -0.4 is 5.73 Å². The van der Waals surface area contributed by atoms with Crippen molar-refractivity contribution in [2.75, 3.05) is 13.1 Å². The van der Waals surface area contributed by atoms with Gasteiger partial charge in [0, 0.05) is 13.1 Å². The van der Waals surface area contributed by atoms with Crippen molar-refractivity contribution in [3.8, 4) is 0 Å². The molecule has 2 fully saturated rings. The molecule has 0 bridgehead atoms. The molecular formula is C15H18N2O. The molecule has 1 unspecified atom stereocenters. The van der Waals surface area contributed by atoms with Crippen LogP contribution >= 0.6 is 0 Å². The topological polar surface area (TPSA) is 46.3 Å². The summed E-state index contributed by atoms with van der Waals surface area (Å²) in [6, 6.07) is 8.26. The van der Waals surface area contributed by atoms with Gasteiger partial charge in [0.15, 0.2) is 0 Å². The van der Waals surface area contributed by atoms with Gasteiger partial charge in [-0.3, -0.25) is 4.79 Å². The molecule has 3 heteroatoms. The summed E-state index contributed by atoms with van der Waals surface area (Å²) in [5, 5.41) is 0. The number of carbonyl (C=O) groups is 1. The van der Waals surface area contributed by atoms with E-state index in [4.69, 9.17) is 5.73 Å². The molecule has 3 aliphatic rings. The highest BCUT2D eigenvalue weighted by atomic mass is 16.2. The average Bonchev–Trinajstić information content (AvgIpc) is 3.10. The van der Waals surface area contributed by atoms with Gasteiger partial charge in [-0.05, 0) is 36.3 Å². The number of nitrogens with two attached hydrogens (primary N) is 1. The van der Waals surface area contributed by atoms with E-state index in [1.807, 2.05) is 17.0 Å². The number of hydrogen-bond donors (Lipinski definition) is 1. The van der Waals surface area contributed by atoms with Crippen LogP contribution in [-0.2, 0) is 11.2 Å². The molecule has 2 N–H and O–H groups in total. The summed E-state index contributed by atoms with van der Waals surface area (Å²) in [6.07, 6.45) is 3.42. The van der Waals surface area contributed by atoms with Gasteiger partial charge in [-0.15, -0.1) is 0 Å². The van der Waals surface area contributed by atoms with Gasteiger partial charge in [0.25, 0.3) is 0 Å². The van der Waals surface area contributed by atoms with Gasteiger partial charge in [-0.25, -0.2) is 0 Å². The molecule has 1 aromatic carbocycles. The van der Waals surface area contributed by atoms with Crippen LogP contribution in [0.25, 0.3) is 0 Å². The molecule has 2 aliphatic carbocycles. The Labute approximate surface area is 107 Å². The monoisotopic (exact) mass is 242 g/mol. The lowest BCUT2D eigenvalue weighted by molar-refractivity contribution is -0.141. The Hall–Kier alpha value is -1.35. The molecule has 4 rings (SSSR count). The van der Waals surface area contributed by atoms with Crippen LogP contribution in [0, 0.1) is 5.92 Å². The summed E-state index contributed by atoms with van der Waals surface area (Å²) in [7, 11) is 0. The summed E-state index contributed by atoms with van der Waals surface area (Å²) >= 11 is 0. The number of hydrogen-bond acceptors (Lipinski definition) is 2. The summed E-state index contributed by atoms with van der Waals surface area (Å²) in [5.74, 6) is 1.07. The van der Waals surface area contributed by atoms with Crippen LogP contribution in [0.4, 0.5) is 0 Å². The van der Waals surface area contributed by atoms with Crippen molar-refractivity contribution in [1.82, 2.24) is 4.90 Å². The van der Waals surface area contributed by atoms with Crippen LogP contribution in [0.3, 0.4) is 0 Å². The molecule has 3 nitrogen and oxygen atoms in total. The largest absolute Gasteiger partial charge is 0.338 e. The van der Waals surface area contributed by atoms with Gasteiger partial charge in [0.1, 0.15) is 0 Å². The van der Waals surface area contributed by atoms with Gasteiger partial charge in [-0.1, -0.05) is 24.3 Å². The lowest BCUT2D eigenvalue weighted by Crippen LogP contribution is -2.70. The smallest absolute Gasteiger partial charge is 0.230 e. The maximum Gasteiger partial charge on any atom is 0.230 e. The maximum atomic E-state index is 12.4. The lowest BCUT2D eigenvalue weighted by atomic mass is 9.75. The van der Waals surface area contributed by atoms with E-state index in [-0.39, 0.29) is 17.4 Å². The number of nitrogens with zero attached hydrogens (tertiary/aromatic N) is 1. The van der Waals surface area contributed by atoms with Gasteiger partial charge >= 0.3 is 0 Å². The number of benzene rings is 1. The molecule has 94 valence electrons. The van der Waals surface area contributed by atoms with Crippen LogP contribution in [0.5, 0.6) is 0 Å². The molecule has 1 amide bonds. The van der Waals surface area contributed by atoms with Gasteiger partial charge in [0.2, 0.25) is 5.91 Å². The molecule has 1 saturated heterocycles. The molecule has 1 aromatic rings. The zero-order valence-electron chi connectivity index (χ0n) is 10.4. The number of likely N-dealkylation sites (tertiary alicyclic amines) is 1. The fourth-order valence-corrected chi connectivity index (χ4v) is 3.44. The molecule has 18 heavy (non-hydrogen) atoms. The minimum absolute atomic E-state index is 0.0566. The first-order valence-electron chi connectivity index (χ1n) is 6.83. The average molecular weight is 242 g/mol. The quantitative estimate of drug-likeness (QED) is 0.849. The second-order valence-electron chi connectivity index (χ2n) is 6.16. The maximum absolute atomic E-state index is 12.4. The number of carbonyl (C=O) groups excluding carboxylic acids is 1. The van der Waals surface area contributed by atoms with E-state index in [1.54, 1.807) is 0 Å². The van der Waals surface area contributed by atoms with Crippen LogP contribution in [0.1, 0.15) is 29.9 Å². The van der Waals surface area contributed by atoms with E-state index in [0.717, 1.165) is 19.5 Å². The minimum atomic E-state index is -0.0566. The third kappa shape index (κ3) is 1.37. The van der Waals surface area contributed by atoms with Crippen molar-refractivity contribution in [2.24, 2.45) is 11.7 Å². The molecule has 1 aliphatic heterocycles. The zero-order valence-corrected chi connectivity index (χ0v) is 10.4. The SMILES string of the molecule is NC1(C2CC2)CN(C(=O)C2Cc3ccccc32)C1. The first-order valence-corrected chi connectivity index (χ1v) is 6.83. The predicted molar refractivity (Wildman–Crippen MR) is 69.1 cm³/mol. The first kappa shape index (κ1) is 10.6. The number of fused-ring (bicyclic) bond motifs is 1. The second kappa shape index (κ2) is 3.35. The first-order chi connectivity index (χ1) is 8.67. The summed E-state index contributed by atoms with van der Waals surface area (Å²) in [5.41, 5.74) is 8.80. The van der Waals surface area contributed by atoms with Gasteiger partial charge in [0.05, 0.1) is 11.5 Å². The highest BCUT2D eigenvalue weighted by Crippen LogP contribution is 2.45. The van der Waals surface area contributed by atoms with E-state index in [2.05, 4.69) is 12.1 Å². The Morgan fingerprint density at radius 1 is 1.28 bits per heavy atom. The van der Waals surface area contributed by atoms with E-state index in [9.17, 15) is 4.79 Å². The Balaban J connectivity index is 1.44. The van der Waals surface area contributed by atoms with Gasteiger partial charge < -0.3 is 10.6 Å². The Morgan fingerprint density at radius 3 is 2.67 bits per heavy atom. The lowest BCUT2D eigenvalue weighted by Gasteiger charge is -2.50. The predicted octanol–water partition coefficient (Wildman–Crippen LogP) is 1.28.